The Kier molecular flexibility index (Phi) is 4.19. The molecule has 1 aliphatic rings. The number of nitrogens with zero attached hydrogens (tertiary/aromatic N) is 6. The molecule has 0 radical (unpaired) electrons. The number of amides is 1. The maximum Gasteiger partial charge on any atom is 0.250 e. The Morgan fingerprint density at radius 2 is 2.30 bits per heavy atom. The van der Waals surface area contributed by atoms with E-state index in [-0.39, 0.29) is 11.6 Å². The molecule has 0 spiro atoms. The van der Waals surface area contributed by atoms with E-state index in [1.807, 2.05) is 19.1 Å². The molecule has 0 bridgehead atoms. The van der Waals surface area contributed by atoms with E-state index in [1.54, 1.807) is 15.8 Å². The number of nitrogens with one attached hydrogen (secondary N) is 1. The number of carbonyl (C=O) groups excluding carboxylic acids is 1. The van der Waals surface area contributed by atoms with Crippen LogP contribution in [0.1, 0.15) is 25.5 Å². The van der Waals surface area contributed by atoms with E-state index in [1.165, 1.54) is 12.3 Å². The smallest absolute Gasteiger partial charge is 0.250 e. The van der Waals surface area contributed by atoms with E-state index in [9.17, 15) is 4.79 Å². The molecule has 1 amide bonds. The molecule has 2 aromatic heterocycles. The molecule has 3 heterocycles. The normalized spacial score (nSPS) is 17.8. The highest BCUT2D eigenvalue weighted by molar-refractivity contribution is 5.98. The Morgan fingerprint density at radius 3 is 3.09 bits per heavy atom. The third kappa shape index (κ3) is 2.99. The molecule has 3 rings (SSSR count). The minimum atomic E-state index is -0.405. The fourth-order valence-electron chi connectivity index (χ4n) is 2.68. The second kappa shape index (κ2) is 6.44. The van der Waals surface area contributed by atoms with Crippen LogP contribution in [0.5, 0.6) is 0 Å². The first-order chi connectivity index (χ1) is 11.2. The molecule has 1 atom stereocenters. The van der Waals surface area contributed by atoms with Gasteiger partial charge in [0.25, 0.3) is 5.91 Å². The maximum atomic E-state index is 12.8. The average Bonchev–Trinajstić information content (AvgIpc) is 3.05. The van der Waals surface area contributed by atoms with Crippen molar-refractivity contribution in [1.82, 2.24) is 19.7 Å². The number of aryl methyl sites for hydroxylation is 1. The van der Waals surface area contributed by atoms with E-state index < -0.39 is 6.04 Å². The first-order valence-corrected chi connectivity index (χ1v) is 7.55. The van der Waals surface area contributed by atoms with Crippen molar-refractivity contribution >= 4 is 17.7 Å². The number of hydrogen-bond donors (Lipinski definition) is 1. The van der Waals surface area contributed by atoms with Crippen LogP contribution in [0, 0.1) is 11.3 Å². The predicted molar refractivity (Wildman–Crippen MR) is 83.6 cm³/mol. The molecular formula is C15H17N7O. The van der Waals surface area contributed by atoms with Crippen LogP contribution in [-0.4, -0.2) is 38.2 Å². The van der Waals surface area contributed by atoms with Crippen LogP contribution in [0.2, 0.25) is 0 Å². The molecule has 8 heteroatoms. The SMILES string of the molecule is CCn1nccc1N1CCCC(Nc2nccc(C#N)n2)C1=O. The first kappa shape index (κ1) is 15.0. The minimum Gasteiger partial charge on any atom is -0.342 e. The summed E-state index contributed by atoms with van der Waals surface area (Å²) in [5.74, 6) is 1.07. The Labute approximate surface area is 133 Å². The van der Waals surface area contributed by atoms with Crippen molar-refractivity contribution in [3.05, 3.63) is 30.2 Å². The largest absolute Gasteiger partial charge is 0.342 e. The van der Waals surface area contributed by atoms with Gasteiger partial charge in [0.1, 0.15) is 23.6 Å². The molecule has 118 valence electrons. The Bertz CT molecular complexity index is 748. The number of hydrogen-bond acceptors (Lipinski definition) is 6. The van der Waals surface area contributed by atoms with Crippen molar-refractivity contribution in [2.75, 3.05) is 16.8 Å². The molecule has 1 N–H and O–H groups in total. The fourth-order valence-corrected chi connectivity index (χ4v) is 2.68. The highest BCUT2D eigenvalue weighted by Gasteiger charge is 2.31. The molecule has 1 fully saturated rings. The van der Waals surface area contributed by atoms with E-state index in [0.29, 0.717) is 25.5 Å². The number of nitriles is 1. The quantitative estimate of drug-likeness (QED) is 0.910. The summed E-state index contributed by atoms with van der Waals surface area (Å²) in [5, 5.41) is 16.1. The first-order valence-electron chi connectivity index (χ1n) is 7.55. The van der Waals surface area contributed by atoms with Crippen LogP contribution < -0.4 is 10.2 Å². The van der Waals surface area contributed by atoms with Gasteiger partial charge < -0.3 is 5.32 Å². The van der Waals surface area contributed by atoms with E-state index in [4.69, 9.17) is 5.26 Å². The highest BCUT2D eigenvalue weighted by Crippen LogP contribution is 2.22. The zero-order valence-corrected chi connectivity index (χ0v) is 12.8. The van der Waals surface area contributed by atoms with E-state index in [2.05, 4.69) is 20.4 Å². The number of carbonyl (C=O) groups is 1. The summed E-state index contributed by atoms with van der Waals surface area (Å²) in [6.07, 6.45) is 4.78. The number of rotatable bonds is 4. The number of aromatic nitrogens is 4. The van der Waals surface area contributed by atoms with Gasteiger partial charge in [-0.1, -0.05) is 0 Å². The van der Waals surface area contributed by atoms with Crippen molar-refractivity contribution in [3.63, 3.8) is 0 Å². The van der Waals surface area contributed by atoms with Gasteiger partial charge in [-0.25, -0.2) is 14.6 Å². The summed E-state index contributed by atoms with van der Waals surface area (Å²) in [4.78, 5) is 22.6. The molecule has 8 nitrogen and oxygen atoms in total. The molecule has 1 aliphatic heterocycles. The zero-order valence-electron chi connectivity index (χ0n) is 12.8. The van der Waals surface area contributed by atoms with Crippen LogP contribution >= 0.6 is 0 Å². The average molecular weight is 311 g/mol. The monoisotopic (exact) mass is 311 g/mol. The van der Waals surface area contributed by atoms with Gasteiger partial charge in [0.15, 0.2) is 0 Å². The lowest BCUT2D eigenvalue weighted by Gasteiger charge is -2.32. The van der Waals surface area contributed by atoms with Gasteiger partial charge >= 0.3 is 0 Å². The Hall–Kier alpha value is -2.95. The molecule has 1 unspecified atom stereocenters. The van der Waals surface area contributed by atoms with Crippen molar-refractivity contribution in [3.8, 4) is 6.07 Å². The summed E-state index contributed by atoms with van der Waals surface area (Å²) in [5.41, 5.74) is 0.270. The highest BCUT2D eigenvalue weighted by atomic mass is 16.2. The molecule has 1 saturated heterocycles. The minimum absolute atomic E-state index is 0.0302. The Balaban J connectivity index is 1.78. The summed E-state index contributed by atoms with van der Waals surface area (Å²) in [6, 6.07) is 4.93. The zero-order chi connectivity index (χ0) is 16.2. The second-order valence-electron chi connectivity index (χ2n) is 5.21. The molecule has 0 saturated carbocycles. The van der Waals surface area contributed by atoms with Crippen LogP contribution in [0.4, 0.5) is 11.8 Å². The standard InChI is InChI=1S/C15H17N7O/c1-2-22-13(6-8-18-22)21-9-3-4-12(14(21)23)20-15-17-7-5-11(10-16)19-15/h5-8,12H,2-4,9H2,1H3,(H,17,19,20). The van der Waals surface area contributed by atoms with Crippen molar-refractivity contribution in [2.45, 2.75) is 32.4 Å². The lowest BCUT2D eigenvalue weighted by atomic mass is 10.0. The van der Waals surface area contributed by atoms with Gasteiger partial charge in [-0.3, -0.25) is 9.69 Å². The van der Waals surface area contributed by atoms with Gasteiger partial charge in [-0.15, -0.1) is 0 Å². The molecular weight excluding hydrogens is 294 g/mol. The number of anilines is 2. The van der Waals surface area contributed by atoms with Gasteiger partial charge in [-0.05, 0) is 25.8 Å². The van der Waals surface area contributed by atoms with E-state index in [0.717, 1.165) is 12.2 Å². The van der Waals surface area contributed by atoms with Gasteiger partial charge in [-0.2, -0.15) is 10.4 Å². The van der Waals surface area contributed by atoms with Gasteiger partial charge in [0.05, 0.1) is 6.20 Å². The van der Waals surface area contributed by atoms with Crippen LogP contribution in [-0.2, 0) is 11.3 Å². The predicted octanol–water partition coefficient (Wildman–Crippen LogP) is 1.17. The molecule has 0 aliphatic carbocycles. The van der Waals surface area contributed by atoms with Gasteiger partial charge in [0.2, 0.25) is 5.95 Å². The number of piperidine rings is 1. The van der Waals surface area contributed by atoms with Crippen molar-refractivity contribution in [1.29, 1.82) is 5.26 Å². The third-order valence-electron chi connectivity index (χ3n) is 3.78. The lowest BCUT2D eigenvalue weighted by Crippen LogP contribution is -2.48. The molecule has 23 heavy (non-hydrogen) atoms. The van der Waals surface area contributed by atoms with Crippen LogP contribution in [0.15, 0.2) is 24.5 Å². The summed E-state index contributed by atoms with van der Waals surface area (Å²) >= 11 is 0. The third-order valence-corrected chi connectivity index (χ3v) is 3.78. The van der Waals surface area contributed by atoms with Crippen molar-refractivity contribution in [2.24, 2.45) is 0 Å². The molecule has 2 aromatic rings. The van der Waals surface area contributed by atoms with Crippen molar-refractivity contribution < 1.29 is 4.79 Å². The summed E-state index contributed by atoms with van der Waals surface area (Å²) < 4.78 is 1.80. The lowest BCUT2D eigenvalue weighted by molar-refractivity contribution is -0.120. The summed E-state index contributed by atoms with van der Waals surface area (Å²) in [6.45, 7) is 3.36. The van der Waals surface area contributed by atoms with E-state index >= 15 is 0 Å². The maximum absolute atomic E-state index is 12.8. The second-order valence-corrected chi connectivity index (χ2v) is 5.21. The Morgan fingerprint density at radius 1 is 1.43 bits per heavy atom. The fraction of sp³-hybridized carbons (Fsp3) is 0.400. The topological polar surface area (TPSA) is 99.7 Å². The van der Waals surface area contributed by atoms with Crippen LogP contribution in [0.25, 0.3) is 0 Å². The summed E-state index contributed by atoms with van der Waals surface area (Å²) in [7, 11) is 0. The van der Waals surface area contributed by atoms with Gasteiger partial charge in [0, 0.05) is 25.4 Å². The van der Waals surface area contributed by atoms with Crippen LogP contribution in [0.3, 0.4) is 0 Å². The molecule has 0 aromatic carbocycles.